The van der Waals surface area contributed by atoms with E-state index in [9.17, 15) is 9.18 Å². The number of amidine groups is 1. The SMILES string of the molecule is COC=C(C(=O)OC)N(C)C1=NC(c2ccccc2)(c2ccccc2)C(SC(F)(Cl)Cl)S1. The average molecular weight is 515 g/mol. The number of carbonyl (C=O) groups is 1. The Bertz CT molecular complexity index is 962. The van der Waals surface area contributed by atoms with Gasteiger partial charge in [0.2, 0.25) is 0 Å². The van der Waals surface area contributed by atoms with Crippen LogP contribution in [0.2, 0.25) is 0 Å². The highest BCUT2D eigenvalue weighted by Gasteiger charge is 2.52. The monoisotopic (exact) mass is 514 g/mol. The molecule has 0 radical (unpaired) electrons. The number of hydrogen-bond donors (Lipinski definition) is 0. The molecule has 1 heterocycles. The molecule has 0 aromatic heterocycles. The molecular formula is C22H21Cl2FN2O3S2. The summed E-state index contributed by atoms with van der Waals surface area (Å²) in [6.07, 6.45) is 1.27. The fraction of sp³-hybridized carbons (Fsp3) is 0.273. The Morgan fingerprint density at radius 2 is 1.69 bits per heavy atom. The van der Waals surface area contributed by atoms with Gasteiger partial charge in [0.25, 0.3) is 0 Å². The van der Waals surface area contributed by atoms with E-state index >= 15 is 0 Å². The molecule has 170 valence electrons. The van der Waals surface area contributed by atoms with E-state index in [1.165, 1.54) is 32.2 Å². The Hall–Kier alpha value is -1.87. The molecule has 32 heavy (non-hydrogen) atoms. The first kappa shape index (κ1) is 24.8. The summed E-state index contributed by atoms with van der Waals surface area (Å²) in [5.74, 6) is -0.603. The number of ether oxygens (including phenoxy) is 2. The van der Waals surface area contributed by atoms with E-state index in [0.29, 0.717) is 5.17 Å². The third-order valence-electron chi connectivity index (χ3n) is 4.77. The molecule has 1 aliphatic heterocycles. The molecule has 2 aromatic carbocycles. The molecule has 0 amide bonds. The van der Waals surface area contributed by atoms with Crippen LogP contribution >= 0.6 is 46.7 Å². The van der Waals surface area contributed by atoms with E-state index in [1.54, 1.807) is 11.9 Å². The predicted octanol–water partition coefficient (Wildman–Crippen LogP) is 5.74. The molecule has 0 saturated carbocycles. The summed E-state index contributed by atoms with van der Waals surface area (Å²) >= 11 is 13.6. The molecule has 0 spiro atoms. The van der Waals surface area contributed by atoms with Gasteiger partial charge in [-0.15, -0.1) is 0 Å². The second-order valence-electron chi connectivity index (χ2n) is 6.70. The van der Waals surface area contributed by atoms with Crippen LogP contribution in [0.25, 0.3) is 0 Å². The highest BCUT2D eigenvalue weighted by Crippen LogP contribution is 2.57. The van der Waals surface area contributed by atoms with Crippen molar-refractivity contribution < 1.29 is 18.7 Å². The Balaban J connectivity index is 2.21. The Kier molecular flexibility index (Phi) is 8.03. The van der Waals surface area contributed by atoms with Gasteiger partial charge in [-0.1, -0.05) is 107 Å². The summed E-state index contributed by atoms with van der Waals surface area (Å²) < 4.78 is 21.3. The minimum Gasteiger partial charge on any atom is -0.502 e. The number of benzene rings is 2. The van der Waals surface area contributed by atoms with Crippen LogP contribution < -0.4 is 0 Å². The molecule has 10 heteroatoms. The number of aliphatic imine (C=N–C) groups is 1. The van der Waals surface area contributed by atoms with Crippen LogP contribution in [0.3, 0.4) is 0 Å². The van der Waals surface area contributed by atoms with Crippen molar-refractivity contribution in [1.82, 2.24) is 4.90 Å². The fourth-order valence-electron chi connectivity index (χ4n) is 3.33. The van der Waals surface area contributed by atoms with Gasteiger partial charge >= 0.3 is 9.89 Å². The van der Waals surface area contributed by atoms with Gasteiger partial charge in [0.15, 0.2) is 10.9 Å². The van der Waals surface area contributed by atoms with Crippen LogP contribution in [0.5, 0.6) is 0 Å². The number of esters is 1. The highest BCUT2D eigenvalue weighted by atomic mass is 35.5. The van der Waals surface area contributed by atoms with E-state index in [0.717, 1.165) is 22.9 Å². The van der Waals surface area contributed by atoms with Gasteiger partial charge in [0.05, 0.1) is 18.8 Å². The summed E-state index contributed by atoms with van der Waals surface area (Å²) in [5.41, 5.74) is 0.752. The van der Waals surface area contributed by atoms with Gasteiger partial charge in [-0.05, 0) is 11.1 Å². The Morgan fingerprint density at radius 1 is 1.16 bits per heavy atom. The lowest BCUT2D eigenvalue weighted by molar-refractivity contribution is -0.137. The maximum Gasteiger partial charge on any atom is 0.357 e. The van der Waals surface area contributed by atoms with Crippen molar-refractivity contribution in [2.45, 2.75) is 14.0 Å². The number of methoxy groups -OCH3 is 2. The zero-order valence-corrected chi connectivity index (χ0v) is 20.6. The number of rotatable bonds is 7. The first-order chi connectivity index (χ1) is 15.2. The minimum atomic E-state index is -2.55. The topological polar surface area (TPSA) is 51.1 Å². The predicted molar refractivity (Wildman–Crippen MR) is 130 cm³/mol. The highest BCUT2D eigenvalue weighted by molar-refractivity contribution is 8.26. The third-order valence-corrected chi connectivity index (χ3v) is 7.83. The van der Waals surface area contributed by atoms with Gasteiger partial charge in [0.1, 0.15) is 11.8 Å². The first-order valence-electron chi connectivity index (χ1n) is 9.40. The molecule has 0 N–H and O–H groups in total. The van der Waals surface area contributed by atoms with Crippen molar-refractivity contribution in [1.29, 1.82) is 0 Å². The van der Waals surface area contributed by atoms with Gasteiger partial charge in [0, 0.05) is 7.05 Å². The van der Waals surface area contributed by atoms with Crippen LogP contribution in [0, 0.1) is 0 Å². The molecule has 5 nitrogen and oxygen atoms in total. The van der Waals surface area contributed by atoms with Crippen LogP contribution in [0.4, 0.5) is 4.39 Å². The summed E-state index contributed by atoms with van der Waals surface area (Å²) in [6, 6.07) is 19.0. The van der Waals surface area contributed by atoms with E-state index in [4.69, 9.17) is 37.7 Å². The van der Waals surface area contributed by atoms with Gasteiger partial charge in [-0.2, -0.15) is 4.39 Å². The number of hydrogen-bond acceptors (Lipinski definition) is 7. The van der Waals surface area contributed by atoms with Crippen LogP contribution in [0.15, 0.2) is 77.6 Å². The van der Waals surface area contributed by atoms with Crippen LogP contribution in [0.1, 0.15) is 11.1 Å². The van der Waals surface area contributed by atoms with Crippen molar-refractivity contribution in [3.05, 3.63) is 83.7 Å². The van der Waals surface area contributed by atoms with Crippen molar-refractivity contribution in [2.24, 2.45) is 4.99 Å². The molecule has 0 bridgehead atoms. The third kappa shape index (κ3) is 5.20. The van der Waals surface area contributed by atoms with Crippen LogP contribution in [-0.4, -0.2) is 45.8 Å². The fourth-order valence-corrected chi connectivity index (χ4v) is 6.91. The van der Waals surface area contributed by atoms with E-state index in [1.807, 2.05) is 60.7 Å². The van der Waals surface area contributed by atoms with Crippen molar-refractivity contribution in [2.75, 3.05) is 21.3 Å². The minimum absolute atomic E-state index is 0.130. The van der Waals surface area contributed by atoms with Crippen LogP contribution in [-0.2, 0) is 19.8 Å². The summed E-state index contributed by atoms with van der Waals surface area (Å²) in [5, 5.41) is 0.446. The number of thioether (sulfide) groups is 2. The maximum atomic E-state index is 14.5. The first-order valence-corrected chi connectivity index (χ1v) is 11.9. The lowest BCUT2D eigenvalue weighted by Gasteiger charge is -2.33. The van der Waals surface area contributed by atoms with E-state index in [2.05, 4.69) is 0 Å². The smallest absolute Gasteiger partial charge is 0.357 e. The standard InChI is InChI=1S/C22H21Cl2FN2O3S2/c1-27(17(14-29-2)18(28)30-3)20-26-21(15-10-6-4-7-11-15,16-12-8-5-9-13-16)19(31-20)32-22(23,24)25/h4-14,19H,1-3H3. The molecular weight excluding hydrogens is 494 g/mol. The van der Waals surface area contributed by atoms with Gasteiger partial charge < -0.3 is 14.4 Å². The Morgan fingerprint density at radius 3 is 2.12 bits per heavy atom. The maximum absolute atomic E-state index is 14.5. The zero-order chi connectivity index (χ0) is 23.4. The largest absolute Gasteiger partial charge is 0.502 e. The van der Waals surface area contributed by atoms with Gasteiger partial charge in [-0.25, -0.2) is 9.79 Å². The lowest BCUT2D eigenvalue weighted by atomic mass is 9.85. The second-order valence-corrected chi connectivity index (χ2v) is 11.0. The lowest BCUT2D eigenvalue weighted by Crippen LogP contribution is -2.33. The number of likely N-dealkylation sites (N-methyl/N-ethyl adjacent to an activating group) is 1. The molecule has 0 fully saturated rings. The number of carbonyl (C=O) groups excluding carboxylic acids is 1. The molecule has 0 aliphatic carbocycles. The number of halogens is 3. The van der Waals surface area contributed by atoms with Crippen molar-refractivity contribution >= 4 is 57.9 Å². The van der Waals surface area contributed by atoms with E-state index < -0.39 is 20.0 Å². The van der Waals surface area contributed by atoms with Gasteiger partial charge in [-0.3, -0.25) is 0 Å². The Labute approximate surface area is 205 Å². The molecule has 2 aromatic rings. The summed E-state index contributed by atoms with van der Waals surface area (Å²) in [4.78, 5) is 18.9. The zero-order valence-electron chi connectivity index (χ0n) is 17.5. The number of nitrogens with zero attached hydrogens (tertiary/aromatic N) is 2. The summed E-state index contributed by atoms with van der Waals surface area (Å²) in [7, 11) is 4.36. The normalized spacial score (nSPS) is 18.1. The summed E-state index contributed by atoms with van der Waals surface area (Å²) in [6.45, 7) is 0. The molecule has 1 aliphatic rings. The number of alkyl halides is 3. The molecule has 0 saturated heterocycles. The van der Waals surface area contributed by atoms with Crippen molar-refractivity contribution in [3.63, 3.8) is 0 Å². The van der Waals surface area contributed by atoms with E-state index in [-0.39, 0.29) is 5.70 Å². The molecule has 1 unspecified atom stereocenters. The second kappa shape index (κ2) is 10.4. The molecule has 3 rings (SSSR count). The quantitative estimate of drug-likeness (QED) is 0.203. The average Bonchev–Trinajstić information content (AvgIpc) is 3.16. The molecule has 1 atom stereocenters. The van der Waals surface area contributed by atoms with Crippen molar-refractivity contribution in [3.8, 4) is 0 Å².